The van der Waals surface area contributed by atoms with Gasteiger partial charge in [0.2, 0.25) is 0 Å². The van der Waals surface area contributed by atoms with Crippen molar-refractivity contribution < 1.29 is 26.4 Å². The van der Waals surface area contributed by atoms with Crippen molar-refractivity contribution in [1.29, 1.82) is 0 Å². The molecule has 7 heteroatoms. The molecule has 20 heavy (non-hydrogen) atoms. The van der Waals surface area contributed by atoms with E-state index in [9.17, 15) is 18.0 Å². The minimum atomic E-state index is -3.94. The van der Waals surface area contributed by atoms with Crippen LogP contribution >= 0.6 is 0 Å². The van der Waals surface area contributed by atoms with E-state index in [0.717, 1.165) is 32.8 Å². The molecule has 0 bridgehead atoms. The van der Waals surface area contributed by atoms with Gasteiger partial charge in [-0.3, -0.25) is 13.8 Å². The van der Waals surface area contributed by atoms with E-state index in [-0.39, 0.29) is 37.4 Å². The van der Waals surface area contributed by atoms with Gasteiger partial charge in [-0.25, -0.2) is 4.18 Å². The van der Waals surface area contributed by atoms with E-state index in [0.29, 0.717) is 6.42 Å². The molecule has 0 aliphatic heterocycles. The quantitative estimate of drug-likeness (QED) is 0.383. The number of hydrogen-bond acceptors (Lipinski definition) is 6. The third kappa shape index (κ3) is 11.1. The van der Waals surface area contributed by atoms with Gasteiger partial charge in [-0.15, -0.1) is 0 Å². The second-order valence-corrected chi connectivity index (χ2v) is 5.95. The van der Waals surface area contributed by atoms with Gasteiger partial charge in [-0.05, 0) is 12.8 Å². The Morgan fingerprint density at radius 2 is 1.55 bits per heavy atom. The number of hydrogen-bond donors (Lipinski definition) is 0. The lowest BCUT2D eigenvalue weighted by molar-refractivity contribution is -0.127. The van der Waals surface area contributed by atoms with Crippen LogP contribution in [0.3, 0.4) is 0 Å². The fourth-order valence-corrected chi connectivity index (χ4v) is 2.04. The molecule has 0 aromatic rings. The number of unbranched alkanes of at least 4 members (excludes halogenated alkanes) is 3. The Morgan fingerprint density at radius 1 is 0.950 bits per heavy atom. The predicted molar refractivity (Wildman–Crippen MR) is 74.5 cm³/mol. The molecular formula is C13H24O6S. The summed E-state index contributed by atoms with van der Waals surface area (Å²) >= 11 is 0. The lowest BCUT2D eigenvalue weighted by Gasteiger charge is -2.03. The summed E-state index contributed by atoms with van der Waals surface area (Å²) < 4.78 is 30.1. The summed E-state index contributed by atoms with van der Waals surface area (Å²) in [5.41, 5.74) is 0. The maximum Gasteiger partial charge on any atom is 0.399 e. The molecule has 6 nitrogen and oxygen atoms in total. The molecule has 0 spiro atoms. The summed E-state index contributed by atoms with van der Waals surface area (Å²) in [4.78, 5) is 23.0. The van der Waals surface area contributed by atoms with E-state index < -0.39 is 10.4 Å². The highest BCUT2D eigenvalue weighted by atomic mass is 32.3. The largest absolute Gasteiger partial charge is 0.399 e. The van der Waals surface area contributed by atoms with Crippen molar-refractivity contribution >= 4 is 22.0 Å². The maximum atomic E-state index is 11.5. The molecule has 0 saturated carbocycles. The number of ketones is 2. The Bertz CT molecular complexity index is 388. The molecule has 0 fully saturated rings. The summed E-state index contributed by atoms with van der Waals surface area (Å²) in [6.07, 6.45) is 4.83. The first kappa shape index (κ1) is 19.2. The Kier molecular flexibility index (Phi) is 10.5. The second-order valence-electron chi connectivity index (χ2n) is 4.57. The van der Waals surface area contributed by atoms with Crippen LogP contribution in [0.4, 0.5) is 0 Å². The van der Waals surface area contributed by atoms with Crippen LogP contribution in [0.1, 0.15) is 58.3 Å². The first-order valence-corrected chi connectivity index (χ1v) is 8.23. The second kappa shape index (κ2) is 10.9. The van der Waals surface area contributed by atoms with Gasteiger partial charge in [0.1, 0.15) is 11.6 Å². The number of carbonyl (C=O) groups excluding carboxylic acids is 2. The van der Waals surface area contributed by atoms with Crippen molar-refractivity contribution in [3.05, 3.63) is 0 Å². The average Bonchev–Trinajstić information content (AvgIpc) is 2.40. The first-order valence-electron chi connectivity index (χ1n) is 6.89. The van der Waals surface area contributed by atoms with Crippen LogP contribution < -0.4 is 0 Å². The minimum Gasteiger partial charge on any atom is -0.299 e. The summed E-state index contributed by atoms with van der Waals surface area (Å²) in [5.74, 6) is -0.222. The molecule has 0 heterocycles. The zero-order valence-corrected chi connectivity index (χ0v) is 13.0. The molecule has 118 valence electrons. The molecule has 0 saturated heterocycles. The van der Waals surface area contributed by atoms with Crippen LogP contribution in [0.2, 0.25) is 0 Å². The summed E-state index contributed by atoms with van der Waals surface area (Å²) in [7, 11) is -2.94. The molecular weight excluding hydrogens is 284 g/mol. The van der Waals surface area contributed by atoms with Crippen LogP contribution in [0.25, 0.3) is 0 Å². The van der Waals surface area contributed by atoms with Crippen molar-refractivity contribution in [2.45, 2.75) is 58.3 Å². The molecule has 0 aromatic carbocycles. The van der Waals surface area contributed by atoms with Gasteiger partial charge >= 0.3 is 10.4 Å². The zero-order valence-electron chi connectivity index (χ0n) is 12.2. The van der Waals surface area contributed by atoms with Crippen molar-refractivity contribution in [3.8, 4) is 0 Å². The highest BCUT2D eigenvalue weighted by molar-refractivity contribution is 7.81. The molecule has 0 aliphatic carbocycles. The maximum absolute atomic E-state index is 11.5. The zero-order chi connectivity index (χ0) is 15.4. The molecule has 0 unspecified atom stereocenters. The van der Waals surface area contributed by atoms with E-state index in [1.165, 1.54) is 0 Å². The third-order valence-electron chi connectivity index (χ3n) is 2.74. The van der Waals surface area contributed by atoms with Gasteiger partial charge in [0.15, 0.2) is 0 Å². The van der Waals surface area contributed by atoms with E-state index in [4.69, 9.17) is 0 Å². The highest BCUT2D eigenvalue weighted by Gasteiger charge is 2.11. The lowest BCUT2D eigenvalue weighted by Crippen LogP contribution is -2.11. The molecule has 0 amide bonds. The van der Waals surface area contributed by atoms with E-state index in [1.54, 1.807) is 0 Å². The van der Waals surface area contributed by atoms with Crippen LogP contribution in [0.5, 0.6) is 0 Å². The summed E-state index contributed by atoms with van der Waals surface area (Å²) in [6, 6.07) is 0. The Labute approximate surface area is 121 Å². The fourth-order valence-electron chi connectivity index (χ4n) is 1.62. The number of Topliss-reactive ketones (excluding diaryl/α,β-unsaturated/α-hetero) is 2. The summed E-state index contributed by atoms with van der Waals surface area (Å²) in [5, 5.41) is 0. The van der Waals surface area contributed by atoms with Crippen molar-refractivity contribution in [2.24, 2.45) is 0 Å². The Hall–Kier alpha value is -0.790. The van der Waals surface area contributed by atoms with Crippen molar-refractivity contribution in [1.82, 2.24) is 0 Å². The van der Waals surface area contributed by atoms with Crippen molar-refractivity contribution in [3.63, 3.8) is 0 Å². The first-order chi connectivity index (χ1) is 9.41. The Morgan fingerprint density at radius 3 is 2.10 bits per heavy atom. The van der Waals surface area contributed by atoms with Gasteiger partial charge in [0.25, 0.3) is 0 Å². The minimum absolute atomic E-state index is 0.0449. The molecule has 0 aliphatic rings. The predicted octanol–water partition coefficient (Wildman–Crippen LogP) is 2.17. The van der Waals surface area contributed by atoms with Crippen LogP contribution in [-0.2, 0) is 28.4 Å². The summed E-state index contributed by atoms with van der Waals surface area (Å²) in [6.45, 7) is 1.98. The average molecular weight is 308 g/mol. The topological polar surface area (TPSA) is 86.7 Å². The molecule has 0 N–H and O–H groups in total. The van der Waals surface area contributed by atoms with Gasteiger partial charge < -0.3 is 0 Å². The van der Waals surface area contributed by atoms with E-state index in [1.807, 2.05) is 0 Å². The van der Waals surface area contributed by atoms with Crippen molar-refractivity contribution in [2.75, 3.05) is 13.7 Å². The fraction of sp³-hybridized carbons (Fsp3) is 0.846. The molecule has 0 rings (SSSR count). The smallest absolute Gasteiger partial charge is 0.299 e. The van der Waals surface area contributed by atoms with E-state index >= 15 is 0 Å². The normalized spacial score (nSPS) is 11.5. The standard InChI is InChI=1S/C13H24O6S/c1-3-4-5-6-8-12(14)11-13(15)9-7-10-19-20(16,17)18-2/h3-11H2,1-2H3. The third-order valence-corrected chi connectivity index (χ3v) is 3.60. The molecule has 0 atom stereocenters. The SMILES string of the molecule is CCCCCCC(=O)CC(=O)CCCOS(=O)(=O)OC. The molecule has 0 radical (unpaired) electrons. The lowest BCUT2D eigenvalue weighted by atomic mass is 10.0. The van der Waals surface area contributed by atoms with Crippen LogP contribution in [0, 0.1) is 0 Å². The Balaban J connectivity index is 3.65. The molecule has 0 aromatic heterocycles. The van der Waals surface area contributed by atoms with Crippen LogP contribution in [-0.4, -0.2) is 33.7 Å². The monoisotopic (exact) mass is 308 g/mol. The van der Waals surface area contributed by atoms with Gasteiger partial charge in [-0.2, -0.15) is 8.42 Å². The number of rotatable bonds is 13. The van der Waals surface area contributed by atoms with Gasteiger partial charge in [-0.1, -0.05) is 26.2 Å². The van der Waals surface area contributed by atoms with Gasteiger partial charge in [0, 0.05) is 12.8 Å². The number of carbonyl (C=O) groups is 2. The highest BCUT2D eigenvalue weighted by Crippen LogP contribution is 2.06. The van der Waals surface area contributed by atoms with E-state index in [2.05, 4.69) is 15.3 Å². The van der Waals surface area contributed by atoms with Gasteiger partial charge in [0.05, 0.1) is 20.1 Å². The van der Waals surface area contributed by atoms with Crippen LogP contribution in [0.15, 0.2) is 0 Å².